The van der Waals surface area contributed by atoms with Crippen LogP contribution in [0.3, 0.4) is 0 Å². The third-order valence-corrected chi connectivity index (χ3v) is 2.12. The first-order chi connectivity index (χ1) is 4.85. The lowest BCUT2D eigenvalue weighted by Gasteiger charge is -2.02. The highest BCUT2D eigenvalue weighted by Crippen LogP contribution is 1.92. The summed E-state index contributed by atoms with van der Waals surface area (Å²) in [6.45, 7) is 2.74. The molecule has 0 spiro atoms. The van der Waals surface area contributed by atoms with E-state index in [2.05, 4.69) is 0 Å². The van der Waals surface area contributed by atoms with Crippen LogP contribution in [-0.4, -0.2) is 30.6 Å². The molecule has 0 saturated carbocycles. The van der Waals surface area contributed by atoms with Crippen molar-refractivity contribution >= 4 is 9.76 Å². The van der Waals surface area contributed by atoms with Crippen LogP contribution in [0.2, 0.25) is 0 Å². The second kappa shape index (κ2) is 6.63. The molecule has 0 bridgehead atoms. The van der Waals surface area contributed by atoms with Gasteiger partial charge in [-0.2, -0.15) is 0 Å². The van der Waals surface area contributed by atoms with Crippen LogP contribution in [0.25, 0.3) is 0 Å². The summed E-state index contributed by atoms with van der Waals surface area (Å²) in [5.41, 5.74) is 1.88. The molecule has 0 rings (SSSR count). The van der Waals surface area contributed by atoms with E-state index in [0.717, 1.165) is 6.61 Å². The van der Waals surface area contributed by atoms with E-state index in [0.29, 0.717) is 5.95 Å². The maximum Gasteiger partial charge on any atom is 0.272 e. The largest absolute Gasteiger partial charge is 0.469 e. The van der Waals surface area contributed by atoms with Crippen molar-refractivity contribution < 1.29 is 13.9 Å². The number of methoxy groups -OCH3 is 2. The molecule has 60 valence electrons. The van der Waals surface area contributed by atoms with E-state index in [4.69, 9.17) is 13.9 Å². The molecule has 0 aliphatic carbocycles. The Bertz CT molecular complexity index is 97.2. The Hall–Kier alpha value is -0.483. The summed E-state index contributed by atoms with van der Waals surface area (Å²) in [5.74, 6) is 0.556. The predicted octanol–water partition coefficient (Wildman–Crippen LogP) is 0.198. The number of rotatable bonds is 5. The molecule has 0 atom stereocenters. The van der Waals surface area contributed by atoms with Gasteiger partial charge >= 0.3 is 0 Å². The van der Waals surface area contributed by atoms with Crippen LogP contribution in [0, 0.1) is 0 Å². The van der Waals surface area contributed by atoms with Crippen molar-refractivity contribution in [1.29, 1.82) is 0 Å². The minimum atomic E-state index is -0.570. The van der Waals surface area contributed by atoms with Gasteiger partial charge in [0.15, 0.2) is 9.76 Å². The molecule has 0 aromatic heterocycles. The smallest absolute Gasteiger partial charge is 0.272 e. The molecule has 4 heteroatoms. The van der Waals surface area contributed by atoms with Crippen molar-refractivity contribution in [3.05, 3.63) is 11.6 Å². The Labute approximate surface area is 63.9 Å². The number of hydrogen-bond donors (Lipinski definition) is 0. The van der Waals surface area contributed by atoms with Gasteiger partial charge < -0.3 is 13.9 Å². The summed E-state index contributed by atoms with van der Waals surface area (Å²) in [6.07, 6.45) is 0. The molecule has 0 amide bonds. The molecule has 0 aromatic carbocycles. The van der Waals surface area contributed by atoms with Crippen LogP contribution in [0.5, 0.6) is 0 Å². The lowest BCUT2D eigenvalue weighted by atomic mass is 10.9. The Morgan fingerprint density at radius 1 is 1.40 bits per heavy atom. The SMILES string of the molecule is CCO[SiH2]C=C(OC)OC. The van der Waals surface area contributed by atoms with Crippen molar-refractivity contribution in [2.45, 2.75) is 6.92 Å². The maximum absolute atomic E-state index is 5.17. The van der Waals surface area contributed by atoms with E-state index < -0.39 is 9.76 Å². The molecule has 0 saturated heterocycles. The Morgan fingerprint density at radius 2 is 2.00 bits per heavy atom. The summed E-state index contributed by atoms with van der Waals surface area (Å²) >= 11 is 0. The van der Waals surface area contributed by atoms with E-state index in [-0.39, 0.29) is 0 Å². The van der Waals surface area contributed by atoms with Crippen molar-refractivity contribution in [1.82, 2.24) is 0 Å². The lowest BCUT2D eigenvalue weighted by molar-refractivity contribution is 0.0959. The highest BCUT2D eigenvalue weighted by molar-refractivity contribution is 6.34. The fourth-order valence-corrected chi connectivity index (χ4v) is 1.32. The fourth-order valence-electron chi connectivity index (χ4n) is 0.495. The third kappa shape index (κ3) is 4.40. The van der Waals surface area contributed by atoms with Gasteiger partial charge in [0.2, 0.25) is 0 Å². The number of ether oxygens (including phenoxy) is 2. The second-order valence-electron chi connectivity index (χ2n) is 1.59. The molecule has 0 unspecified atom stereocenters. The van der Waals surface area contributed by atoms with E-state index in [9.17, 15) is 0 Å². The summed E-state index contributed by atoms with van der Waals surface area (Å²) in [4.78, 5) is 0. The minimum absolute atomic E-state index is 0.556. The first-order valence-electron chi connectivity index (χ1n) is 3.21. The van der Waals surface area contributed by atoms with Crippen molar-refractivity contribution in [3.63, 3.8) is 0 Å². The van der Waals surface area contributed by atoms with Crippen LogP contribution in [0.15, 0.2) is 11.6 Å². The van der Waals surface area contributed by atoms with Crippen LogP contribution in [-0.2, 0) is 13.9 Å². The van der Waals surface area contributed by atoms with Gasteiger partial charge in [-0.3, -0.25) is 0 Å². The van der Waals surface area contributed by atoms with Crippen LogP contribution in [0.1, 0.15) is 6.92 Å². The van der Waals surface area contributed by atoms with Crippen LogP contribution in [0.4, 0.5) is 0 Å². The quantitative estimate of drug-likeness (QED) is 0.328. The fraction of sp³-hybridized carbons (Fsp3) is 0.667. The molecule has 0 heterocycles. The minimum Gasteiger partial charge on any atom is -0.469 e. The van der Waals surface area contributed by atoms with Gasteiger partial charge in [-0.25, -0.2) is 0 Å². The zero-order valence-corrected chi connectivity index (χ0v) is 8.13. The highest BCUT2D eigenvalue weighted by atomic mass is 28.2. The Kier molecular flexibility index (Phi) is 6.31. The third-order valence-electron chi connectivity index (χ3n) is 0.974. The van der Waals surface area contributed by atoms with E-state index in [1.165, 1.54) is 0 Å². The van der Waals surface area contributed by atoms with E-state index >= 15 is 0 Å². The molecule has 0 radical (unpaired) electrons. The molecule has 0 aromatic rings. The molecule has 10 heavy (non-hydrogen) atoms. The first kappa shape index (κ1) is 9.52. The van der Waals surface area contributed by atoms with E-state index in [1.54, 1.807) is 14.2 Å². The van der Waals surface area contributed by atoms with Gasteiger partial charge in [0, 0.05) is 12.3 Å². The Morgan fingerprint density at radius 3 is 2.40 bits per heavy atom. The van der Waals surface area contributed by atoms with Crippen molar-refractivity contribution in [2.75, 3.05) is 20.8 Å². The van der Waals surface area contributed by atoms with Gasteiger partial charge in [0.05, 0.1) is 14.2 Å². The van der Waals surface area contributed by atoms with Crippen LogP contribution >= 0.6 is 0 Å². The second-order valence-corrected chi connectivity index (χ2v) is 2.74. The summed E-state index contributed by atoms with van der Waals surface area (Å²) in [6, 6.07) is 0. The molecular formula is C6H14O3Si. The number of hydrogen-bond acceptors (Lipinski definition) is 3. The van der Waals surface area contributed by atoms with Gasteiger partial charge in [0.1, 0.15) is 0 Å². The summed E-state index contributed by atoms with van der Waals surface area (Å²) in [5, 5.41) is 0. The standard InChI is InChI=1S/C6H14O3Si/c1-4-9-10-5-6(7-2)8-3/h5H,4,10H2,1-3H3. The zero-order chi connectivity index (χ0) is 7.82. The van der Waals surface area contributed by atoms with E-state index in [1.807, 2.05) is 12.6 Å². The van der Waals surface area contributed by atoms with Crippen LogP contribution < -0.4 is 0 Å². The Balaban J connectivity index is 3.43. The topological polar surface area (TPSA) is 27.7 Å². The predicted molar refractivity (Wildman–Crippen MR) is 42.3 cm³/mol. The normalized spacial score (nSPS) is 9.90. The highest BCUT2D eigenvalue weighted by Gasteiger charge is 1.90. The van der Waals surface area contributed by atoms with Gasteiger partial charge in [0.25, 0.3) is 5.95 Å². The summed E-state index contributed by atoms with van der Waals surface area (Å²) < 4.78 is 14.8. The van der Waals surface area contributed by atoms with Crippen molar-refractivity contribution in [2.24, 2.45) is 0 Å². The average Bonchev–Trinajstić information content (AvgIpc) is 1.99. The lowest BCUT2D eigenvalue weighted by Crippen LogP contribution is -1.98. The van der Waals surface area contributed by atoms with Gasteiger partial charge in [-0.15, -0.1) is 0 Å². The molecule has 3 nitrogen and oxygen atoms in total. The molecule has 0 fully saturated rings. The summed E-state index contributed by atoms with van der Waals surface area (Å²) in [7, 11) is 2.59. The molecule has 0 aliphatic heterocycles. The zero-order valence-electron chi connectivity index (χ0n) is 6.72. The molecule has 0 N–H and O–H groups in total. The first-order valence-corrected chi connectivity index (χ1v) is 4.60. The maximum atomic E-state index is 5.17. The molecular weight excluding hydrogens is 148 g/mol. The average molecular weight is 162 g/mol. The van der Waals surface area contributed by atoms with Gasteiger partial charge in [-0.1, -0.05) is 0 Å². The monoisotopic (exact) mass is 162 g/mol. The van der Waals surface area contributed by atoms with Gasteiger partial charge in [-0.05, 0) is 6.92 Å². The molecule has 0 aliphatic rings. The van der Waals surface area contributed by atoms with Crippen molar-refractivity contribution in [3.8, 4) is 0 Å².